The van der Waals surface area contributed by atoms with Gasteiger partial charge in [0.25, 0.3) is 5.91 Å². The Kier molecular flexibility index (Phi) is 3.60. The van der Waals surface area contributed by atoms with Gasteiger partial charge in [-0.3, -0.25) is 4.79 Å². The molecule has 5 heteroatoms. The minimum Gasteiger partial charge on any atom is -0.495 e. The first-order valence-electron chi connectivity index (χ1n) is 6.57. The number of fused-ring (bicyclic) bond motifs is 1. The number of ether oxygens (including phenoxy) is 1. The van der Waals surface area contributed by atoms with E-state index < -0.39 is 0 Å². The van der Waals surface area contributed by atoms with Crippen molar-refractivity contribution in [2.24, 2.45) is 0 Å². The maximum Gasteiger partial charge on any atom is 0.269 e. The van der Waals surface area contributed by atoms with Gasteiger partial charge in [0.15, 0.2) is 0 Å². The lowest BCUT2D eigenvalue weighted by atomic mass is 10.0. The second-order valence-electron chi connectivity index (χ2n) is 4.67. The minimum atomic E-state index is -0.124. The average Bonchev–Trinajstić information content (AvgIpc) is 2.95. The van der Waals surface area contributed by atoms with E-state index in [4.69, 9.17) is 4.74 Å². The quantitative estimate of drug-likeness (QED) is 0.910. The van der Waals surface area contributed by atoms with Crippen molar-refractivity contribution in [2.75, 3.05) is 24.3 Å². The van der Waals surface area contributed by atoms with E-state index in [-0.39, 0.29) is 5.91 Å². The number of carbonyl (C=O) groups is 1. The molecule has 0 bridgehead atoms. The molecule has 0 fully saturated rings. The lowest BCUT2D eigenvalue weighted by Gasteiger charge is -2.18. The molecule has 104 valence electrons. The van der Waals surface area contributed by atoms with Gasteiger partial charge in [0, 0.05) is 17.9 Å². The van der Waals surface area contributed by atoms with Crippen molar-refractivity contribution < 1.29 is 9.53 Å². The summed E-state index contributed by atoms with van der Waals surface area (Å²) >= 11 is 1.38. The van der Waals surface area contributed by atoms with Crippen molar-refractivity contribution in [3.8, 4) is 5.75 Å². The van der Waals surface area contributed by atoms with Crippen LogP contribution in [0.4, 0.5) is 11.4 Å². The van der Waals surface area contributed by atoms with E-state index >= 15 is 0 Å². The number of thiophene rings is 1. The zero-order valence-electron chi connectivity index (χ0n) is 11.2. The van der Waals surface area contributed by atoms with Crippen molar-refractivity contribution in [3.05, 3.63) is 40.1 Å². The number of anilines is 2. The highest BCUT2D eigenvalue weighted by Gasteiger charge is 2.15. The molecule has 0 saturated heterocycles. The van der Waals surface area contributed by atoms with Gasteiger partial charge in [-0.15, -0.1) is 11.3 Å². The Morgan fingerprint density at radius 1 is 1.40 bits per heavy atom. The van der Waals surface area contributed by atoms with E-state index in [0.717, 1.165) is 25.1 Å². The molecule has 1 aliphatic heterocycles. The molecule has 2 aromatic rings. The largest absolute Gasteiger partial charge is 0.495 e. The number of hydrogen-bond acceptors (Lipinski definition) is 4. The first kappa shape index (κ1) is 13.0. The van der Waals surface area contributed by atoms with Crippen LogP contribution in [0.15, 0.2) is 29.6 Å². The van der Waals surface area contributed by atoms with Crippen LogP contribution in [-0.2, 0) is 6.42 Å². The van der Waals surface area contributed by atoms with Crippen LogP contribution >= 0.6 is 11.3 Å². The van der Waals surface area contributed by atoms with Gasteiger partial charge in [0.1, 0.15) is 10.6 Å². The Morgan fingerprint density at radius 2 is 2.30 bits per heavy atom. The third-order valence-corrected chi connectivity index (χ3v) is 4.25. The molecule has 0 aliphatic carbocycles. The monoisotopic (exact) mass is 288 g/mol. The molecule has 1 aromatic carbocycles. The molecule has 1 amide bonds. The number of hydrogen-bond donors (Lipinski definition) is 2. The van der Waals surface area contributed by atoms with Gasteiger partial charge in [-0.05, 0) is 48.1 Å². The van der Waals surface area contributed by atoms with E-state index in [9.17, 15) is 4.79 Å². The Morgan fingerprint density at radius 3 is 3.15 bits per heavy atom. The molecule has 20 heavy (non-hydrogen) atoms. The predicted octanol–water partition coefficient (Wildman–Crippen LogP) is 3.37. The molecule has 2 N–H and O–H groups in total. The summed E-state index contributed by atoms with van der Waals surface area (Å²) in [6.07, 6.45) is 2.18. The number of carbonyl (C=O) groups excluding carboxylic acids is 1. The van der Waals surface area contributed by atoms with Crippen LogP contribution in [0, 0.1) is 0 Å². The summed E-state index contributed by atoms with van der Waals surface area (Å²) in [5.74, 6) is 0.493. The molecule has 0 saturated carbocycles. The standard InChI is InChI=1S/C15H16N2O2S/c1-19-13-6-8-20-14(13)15(18)17-11-4-5-12-10(9-11)3-2-7-16-12/h4-6,8-9,16H,2-3,7H2,1H3,(H,17,18). The zero-order valence-corrected chi connectivity index (χ0v) is 12.0. The zero-order chi connectivity index (χ0) is 13.9. The van der Waals surface area contributed by atoms with E-state index in [2.05, 4.69) is 10.6 Å². The van der Waals surface area contributed by atoms with Gasteiger partial charge in [-0.2, -0.15) is 0 Å². The van der Waals surface area contributed by atoms with Crippen LogP contribution in [0.25, 0.3) is 0 Å². The Bertz CT molecular complexity index is 637. The summed E-state index contributed by atoms with van der Waals surface area (Å²) in [5, 5.41) is 8.14. The fourth-order valence-electron chi connectivity index (χ4n) is 2.36. The first-order valence-corrected chi connectivity index (χ1v) is 7.45. The molecule has 0 radical (unpaired) electrons. The second-order valence-corrected chi connectivity index (χ2v) is 5.59. The Labute approximate surface area is 121 Å². The highest BCUT2D eigenvalue weighted by atomic mass is 32.1. The maximum atomic E-state index is 12.2. The average molecular weight is 288 g/mol. The third-order valence-electron chi connectivity index (χ3n) is 3.36. The highest BCUT2D eigenvalue weighted by molar-refractivity contribution is 7.12. The number of nitrogens with one attached hydrogen (secondary N) is 2. The Hall–Kier alpha value is -2.01. The third kappa shape index (κ3) is 2.49. The Balaban J connectivity index is 1.79. The molecular formula is C15H16N2O2S. The topological polar surface area (TPSA) is 50.4 Å². The van der Waals surface area contributed by atoms with Crippen molar-refractivity contribution >= 4 is 28.6 Å². The lowest BCUT2D eigenvalue weighted by Crippen LogP contribution is -2.14. The van der Waals surface area contributed by atoms with E-state index in [0.29, 0.717) is 10.6 Å². The van der Waals surface area contributed by atoms with Gasteiger partial charge >= 0.3 is 0 Å². The SMILES string of the molecule is COc1ccsc1C(=O)Nc1ccc2c(c1)CCCN2. The predicted molar refractivity (Wildman–Crippen MR) is 82.1 cm³/mol. The molecule has 0 spiro atoms. The maximum absolute atomic E-state index is 12.2. The summed E-state index contributed by atoms with van der Waals surface area (Å²) in [7, 11) is 1.57. The molecule has 3 rings (SSSR count). The van der Waals surface area contributed by atoms with E-state index in [1.807, 2.05) is 23.6 Å². The summed E-state index contributed by atoms with van der Waals surface area (Å²) < 4.78 is 5.17. The smallest absolute Gasteiger partial charge is 0.269 e. The molecule has 4 nitrogen and oxygen atoms in total. The van der Waals surface area contributed by atoms with Crippen LogP contribution < -0.4 is 15.4 Å². The van der Waals surface area contributed by atoms with Crippen LogP contribution in [0.2, 0.25) is 0 Å². The molecule has 0 atom stereocenters. The van der Waals surface area contributed by atoms with Crippen molar-refractivity contribution in [1.82, 2.24) is 0 Å². The minimum absolute atomic E-state index is 0.124. The van der Waals surface area contributed by atoms with E-state index in [1.165, 1.54) is 22.6 Å². The molecule has 1 aromatic heterocycles. The summed E-state index contributed by atoms with van der Waals surface area (Å²) in [5.41, 5.74) is 3.25. The summed E-state index contributed by atoms with van der Waals surface area (Å²) in [4.78, 5) is 12.8. The number of aryl methyl sites for hydroxylation is 1. The van der Waals surface area contributed by atoms with Crippen LogP contribution in [0.5, 0.6) is 5.75 Å². The number of rotatable bonds is 3. The van der Waals surface area contributed by atoms with Gasteiger partial charge in [-0.25, -0.2) is 0 Å². The number of methoxy groups -OCH3 is 1. The fraction of sp³-hybridized carbons (Fsp3) is 0.267. The number of amides is 1. The van der Waals surface area contributed by atoms with Gasteiger partial charge < -0.3 is 15.4 Å². The van der Waals surface area contributed by atoms with Gasteiger partial charge in [0.05, 0.1) is 7.11 Å². The van der Waals surface area contributed by atoms with Gasteiger partial charge in [0.2, 0.25) is 0 Å². The molecular weight excluding hydrogens is 272 g/mol. The number of benzene rings is 1. The normalized spacial score (nSPS) is 13.2. The van der Waals surface area contributed by atoms with Crippen molar-refractivity contribution in [1.29, 1.82) is 0 Å². The van der Waals surface area contributed by atoms with Gasteiger partial charge in [-0.1, -0.05) is 0 Å². The highest BCUT2D eigenvalue weighted by Crippen LogP contribution is 2.28. The molecule has 1 aliphatic rings. The van der Waals surface area contributed by atoms with Crippen LogP contribution in [0.3, 0.4) is 0 Å². The summed E-state index contributed by atoms with van der Waals surface area (Å²) in [6.45, 7) is 1.02. The molecule has 2 heterocycles. The van der Waals surface area contributed by atoms with Crippen molar-refractivity contribution in [2.45, 2.75) is 12.8 Å². The van der Waals surface area contributed by atoms with Crippen LogP contribution in [0.1, 0.15) is 21.7 Å². The lowest BCUT2D eigenvalue weighted by molar-refractivity contribution is 0.102. The molecule has 0 unspecified atom stereocenters. The second kappa shape index (κ2) is 5.54. The summed E-state index contributed by atoms with van der Waals surface area (Å²) in [6, 6.07) is 7.79. The van der Waals surface area contributed by atoms with E-state index in [1.54, 1.807) is 13.2 Å². The van der Waals surface area contributed by atoms with Crippen molar-refractivity contribution in [3.63, 3.8) is 0 Å². The van der Waals surface area contributed by atoms with Crippen LogP contribution in [-0.4, -0.2) is 19.6 Å². The first-order chi connectivity index (χ1) is 9.78. The fourth-order valence-corrected chi connectivity index (χ4v) is 3.12.